The predicted molar refractivity (Wildman–Crippen MR) is 67.6 cm³/mol. The zero-order valence-electron chi connectivity index (χ0n) is 9.56. The van der Waals surface area contributed by atoms with E-state index in [2.05, 4.69) is 14.5 Å². The molecule has 0 amide bonds. The van der Waals surface area contributed by atoms with Crippen molar-refractivity contribution in [3.63, 3.8) is 0 Å². The molecule has 2 heterocycles. The molecule has 0 atom stereocenters. The van der Waals surface area contributed by atoms with E-state index in [0.29, 0.717) is 5.88 Å². The molecule has 0 saturated carbocycles. The molecule has 0 fully saturated rings. The van der Waals surface area contributed by atoms with E-state index >= 15 is 0 Å². The fourth-order valence-corrected chi connectivity index (χ4v) is 2.46. The minimum absolute atomic E-state index is 0.509. The largest absolute Gasteiger partial charge is 0.287 e. The number of aromatic nitrogens is 3. The molecule has 2 aromatic heterocycles. The van der Waals surface area contributed by atoms with Gasteiger partial charge in [0.15, 0.2) is 0 Å². The van der Waals surface area contributed by atoms with Crippen LogP contribution in [0.5, 0.6) is 0 Å². The molecule has 4 heteroatoms. The van der Waals surface area contributed by atoms with Crippen LogP contribution in [0.15, 0.2) is 24.7 Å². The Bertz CT molecular complexity index is 516. The number of pyridine rings is 1. The van der Waals surface area contributed by atoms with Crippen molar-refractivity contribution in [2.24, 2.45) is 0 Å². The van der Waals surface area contributed by atoms with Crippen molar-refractivity contribution in [2.45, 2.75) is 31.6 Å². The van der Waals surface area contributed by atoms with E-state index in [4.69, 9.17) is 11.6 Å². The molecule has 17 heavy (non-hydrogen) atoms. The van der Waals surface area contributed by atoms with Crippen molar-refractivity contribution >= 4 is 11.6 Å². The number of aryl methyl sites for hydroxylation is 1. The molecule has 88 valence electrons. The molecule has 1 aliphatic carbocycles. The summed E-state index contributed by atoms with van der Waals surface area (Å²) in [4.78, 5) is 8.91. The zero-order valence-corrected chi connectivity index (χ0v) is 10.3. The lowest BCUT2D eigenvalue weighted by Crippen LogP contribution is -2.07. The van der Waals surface area contributed by atoms with Gasteiger partial charge in [0.1, 0.15) is 12.1 Å². The minimum Gasteiger partial charge on any atom is -0.287 e. The van der Waals surface area contributed by atoms with E-state index in [1.165, 1.54) is 24.2 Å². The van der Waals surface area contributed by atoms with Gasteiger partial charge in [-0.2, -0.15) is 0 Å². The van der Waals surface area contributed by atoms with Crippen LogP contribution in [0.4, 0.5) is 0 Å². The van der Waals surface area contributed by atoms with Crippen LogP contribution < -0.4 is 0 Å². The lowest BCUT2D eigenvalue weighted by atomic mass is 10.0. The zero-order chi connectivity index (χ0) is 11.7. The fourth-order valence-electron chi connectivity index (χ4n) is 2.30. The van der Waals surface area contributed by atoms with Gasteiger partial charge in [-0.15, -0.1) is 11.6 Å². The van der Waals surface area contributed by atoms with Crippen LogP contribution in [0, 0.1) is 0 Å². The summed E-state index contributed by atoms with van der Waals surface area (Å²) < 4.78 is 2.10. The normalized spacial score (nSPS) is 14.6. The van der Waals surface area contributed by atoms with Gasteiger partial charge in [-0.3, -0.25) is 4.57 Å². The summed E-state index contributed by atoms with van der Waals surface area (Å²) in [5.74, 6) is 1.45. The third-order valence-electron chi connectivity index (χ3n) is 3.24. The van der Waals surface area contributed by atoms with Crippen molar-refractivity contribution in [2.75, 3.05) is 0 Å². The van der Waals surface area contributed by atoms with Gasteiger partial charge in [0.2, 0.25) is 0 Å². The molecular formula is C13H14ClN3. The Morgan fingerprint density at radius 3 is 2.82 bits per heavy atom. The molecule has 0 aromatic carbocycles. The highest BCUT2D eigenvalue weighted by Gasteiger charge is 2.16. The summed E-state index contributed by atoms with van der Waals surface area (Å²) in [5.41, 5.74) is 3.60. The SMILES string of the molecule is ClCc1ccc(-n2cnc3c2CCCC3)nc1. The van der Waals surface area contributed by atoms with E-state index in [9.17, 15) is 0 Å². The number of nitrogens with zero attached hydrogens (tertiary/aromatic N) is 3. The Morgan fingerprint density at radius 2 is 2.06 bits per heavy atom. The molecule has 0 saturated heterocycles. The molecule has 0 aliphatic heterocycles. The quantitative estimate of drug-likeness (QED) is 0.764. The third kappa shape index (κ3) is 1.95. The minimum atomic E-state index is 0.509. The number of alkyl halides is 1. The average molecular weight is 248 g/mol. The Balaban J connectivity index is 2.00. The van der Waals surface area contributed by atoms with Crippen LogP contribution >= 0.6 is 11.6 Å². The van der Waals surface area contributed by atoms with Gasteiger partial charge in [-0.1, -0.05) is 6.07 Å². The van der Waals surface area contributed by atoms with Crippen LogP contribution in [0.1, 0.15) is 29.8 Å². The highest BCUT2D eigenvalue weighted by molar-refractivity contribution is 6.17. The van der Waals surface area contributed by atoms with Gasteiger partial charge in [0.05, 0.1) is 5.69 Å². The van der Waals surface area contributed by atoms with Crippen LogP contribution in [-0.4, -0.2) is 14.5 Å². The Kier molecular flexibility index (Phi) is 2.85. The number of hydrogen-bond donors (Lipinski definition) is 0. The molecule has 0 unspecified atom stereocenters. The van der Waals surface area contributed by atoms with E-state index < -0.39 is 0 Å². The number of halogens is 1. The lowest BCUT2D eigenvalue weighted by molar-refractivity contribution is 0.654. The van der Waals surface area contributed by atoms with Crippen molar-refractivity contribution < 1.29 is 0 Å². The molecule has 3 rings (SSSR count). The highest BCUT2D eigenvalue weighted by Crippen LogP contribution is 2.22. The lowest BCUT2D eigenvalue weighted by Gasteiger charge is -2.13. The van der Waals surface area contributed by atoms with E-state index in [1.54, 1.807) is 0 Å². The van der Waals surface area contributed by atoms with Gasteiger partial charge in [-0.25, -0.2) is 9.97 Å². The molecule has 0 radical (unpaired) electrons. The van der Waals surface area contributed by atoms with Crippen molar-refractivity contribution in [1.29, 1.82) is 0 Å². The van der Waals surface area contributed by atoms with E-state index in [0.717, 1.165) is 24.2 Å². The molecule has 2 aromatic rings. The summed E-state index contributed by atoms with van der Waals surface area (Å²) in [5, 5.41) is 0. The van der Waals surface area contributed by atoms with Gasteiger partial charge >= 0.3 is 0 Å². The number of fused-ring (bicyclic) bond motifs is 1. The topological polar surface area (TPSA) is 30.7 Å². The van der Waals surface area contributed by atoms with Crippen molar-refractivity contribution in [1.82, 2.24) is 14.5 Å². The van der Waals surface area contributed by atoms with E-state index in [-0.39, 0.29) is 0 Å². The highest BCUT2D eigenvalue weighted by atomic mass is 35.5. The Morgan fingerprint density at radius 1 is 1.18 bits per heavy atom. The van der Waals surface area contributed by atoms with Crippen LogP contribution in [0.3, 0.4) is 0 Å². The summed E-state index contributed by atoms with van der Waals surface area (Å²) >= 11 is 5.76. The molecule has 0 bridgehead atoms. The van der Waals surface area contributed by atoms with Gasteiger partial charge in [0, 0.05) is 17.8 Å². The van der Waals surface area contributed by atoms with Crippen molar-refractivity contribution in [3.8, 4) is 5.82 Å². The molecule has 3 nitrogen and oxygen atoms in total. The first-order valence-electron chi connectivity index (χ1n) is 5.95. The van der Waals surface area contributed by atoms with Crippen LogP contribution in [0.25, 0.3) is 5.82 Å². The fraction of sp³-hybridized carbons (Fsp3) is 0.385. The van der Waals surface area contributed by atoms with Gasteiger partial charge in [-0.05, 0) is 37.3 Å². The maximum atomic E-state index is 5.76. The standard InChI is InChI=1S/C13H14ClN3/c14-7-10-5-6-13(15-8-10)17-9-16-11-3-1-2-4-12(11)17/h5-6,8-9H,1-4,7H2. The smallest absolute Gasteiger partial charge is 0.138 e. The molecule has 0 spiro atoms. The Hall–Kier alpha value is -1.35. The predicted octanol–water partition coefficient (Wildman–Crippen LogP) is 2.88. The first-order chi connectivity index (χ1) is 8.38. The molecule has 1 aliphatic rings. The molecule has 0 N–H and O–H groups in total. The second kappa shape index (κ2) is 4.49. The van der Waals surface area contributed by atoms with Gasteiger partial charge in [0.25, 0.3) is 0 Å². The number of imidazole rings is 1. The summed E-state index contributed by atoms with van der Waals surface area (Å²) in [6.45, 7) is 0. The number of hydrogen-bond acceptors (Lipinski definition) is 2. The summed E-state index contributed by atoms with van der Waals surface area (Å²) in [6, 6.07) is 4.03. The van der Waals surface area contributed by atoms with E-state index in [1.807, 2.05) is 24.7 Å². The second-order valence-corrected chi connectivity index (χ2v) is 4.64. The average Bonchev–Trinajstić information content (AvgIpc) is 2.83. The van der Waals surface area contributed by atoms with Gasteiger partial charge < -0.3 is 0 Å². The van der Waals surface area contributed by atoms with Crippen LogP contribution in [-0.2, 0) is 18.7 Å². The Labute approximate surface area is 105 Å². The van der Waals surface area contributed by atoms with Crippen molar-refractivity contribution in [3.05, 3.63) is 41.6 Å². The summed E-state index contributed by atoms with van der Waals surface area (Å²) in [6.07, 6.45) is 8.42. The first kappa shape index (κ1) is 10.8. The number of rotatable bonds is 2. The van der Waals surface area contributed by atoms with Crippen LogP contribution in [0.2, 0.25) is 0 Å². The maximum Gasteiger partial charge on any atom is 0.138 e. The summed E-state index contributed by atoms with van der Waals surface area (Å²) in [7, 11) is 0. The second-order valence-electron chi connectivity index (χ2n) is 4.37. The monoisotopic (exact) mass is 247 g/mol. The molecular weight excluding hydrogens is 234 g/mol. The first-order valence-corrected chi connectivity index (χ1v) is 6.48. The third-order valence-corrected chi connectivity index (χ3v) is 3.55. The maximum absolute atomic E-state index is 5.76.